The molecule has 2 atom stereocenters. The fraction of sp³-hybridized carbons (Fsp3) is 0.353. The van der Waals surface area contributed by atoms with Crippen LogP contribution in [0.4, 0.5) is 0 Å². The van der Waals surface area contributed by atoms with E-state index in [0.29, 0.717) is 35.4 Å². The maximum Gasteiger partial charge on any atom is 0.215 e. The Morgan fingerprint density at radius 1 is 1.46 bits per heavy atom. The van der Waals surface area contributed by atoms with E-state index in [1.165, 1.54) is 0 Å². The van der Waals surface area contributed by atoms with Crippen molar-refractivity contribution >= 4 is 23.2 Å². The molecule has 1 aromatic carbocycles. The molecule has 0 N–H and O–H groups in total. The fourth-order valence-electron chi connectivity index (χ4n) is 2.62. The van der Waals surface area contributed by atoms with Crippen LogP contribution in [0.2, 0.25) is 10.0 Å². The second-order valence-electron chi connectivity index (χ2n) is 5.38. The Balaban J connectivity index is 1.86. The normalized spacial score (nSPS) is 23.3. The second kappa shape index (κ2) is 7.56. The number of imidazole rings is 1. The monoisotopic (exact) mass is 366 g/mol. The van der Waals surface area contributed by atoms with Gasteiger partial charge in [-0.15, -0.1) is 6.42 Å². The van der Waals surface area contributed by atoms with Gasteiger partial charge in [-0.05, 0) is 12.1 Å². The SMILES string of the molecule is C#CCOC[C@H]1CO[C@@](Cn2ccnc2)(c2ccc(Cl)cc2Cl)O1. The summed E-state index contributed by atoms with van der Waals surface area (Å²) in [6.07, 6.45) is 10.2. The van der Waals surface area contributed by atoms with Crippen molar-refractivity contribution in [3.05, 3.63) is 52.5 Å². The molecule has 1 aromatic heterocycles. The van der Waals surface area contributed by atoms with Crippen LogP contribution in [0.1, 0.15) is 5.56 Å². The second-order valence-corrected chi connectivity index (χ2v) is 6.23. The topological polar surface area (TPSA) is 45.5 Å². The first-order chi connectivity index (χ1) is 11.6. The van der Waals surface area contributed by atoms with Gasteiger partial charge in [0.2, 0.25) is 5.79 Å². The lowest BCUT2D eigenvalue weighted by Crippen LogP contribution is -2.34. The van der Waals surface area contributed by atoms with Gasteiger partial charge in [-0.1, -0.05) is 35.2 Å². The number of aromatic nitrogens is 2. The molecule has 2 aromatic rings. The van der Waals surface area contributed by atoms with E-state index in [1.54, 1.807) is 24.7 Å². The molecule has 0 amide bonds. The molecular formula is C17H16Cl2N2O3. The number of ether oxygens (including phenoxy) is 3. The molecule has 7 heteroatoms. The van der Waals surface area contributed by atoms with Crippen LogP contribution >= 0.6 is 23.2 Å². The lowest BCUT2D eigenvalue weighted by atomic mass is 10.1. The quantitative estimate of drug-likeness (QED) is 0.582. The summed E-state index contributed by atoms with van der Waals surface area (Å²) in [7, 11) is 0. The summed E-state index contributed by atoms with van der Waals surface area (Å²) in [5.41, 5.74) is 0.710. The molecule has 0 bridgehead atoms. The number of hydrogen-bond donors (Lipinski definition) is 0. The summed E-state index contributed by atoms with van der Waals surface area (Å²) in [6.45, 7) is 1.36. The lowest BCUT2D eigenvalue weighted by Gasteiger charge is -2.29. The van der Waals surface area contributed by atoms with Crippen LogP contribution in [0, 0.1) is 12.3 Å². The van der Waals surface area contributed by atoms with Gasteiger partial charge in [-0.3, -0.25) is 0 Å². The van der Waals surface area contributed by atoms with Crippen molar-refractivity contribution in [2.45, 2.75) is 18.4 Å². The maximum absolute atomic E-state index is 6.39. The zero-order valence-corrected chi connectivity index (χ0v) is 14.3. The summed E-state index contributed by atoms with van der Waals surface area (Å²) < 4.78 is 19.5. The van der Waals surface area contributed by atoms with E-state index in [9.17, 15) is 0 Å². The average Bonchev–Trinajstić information content (AvgIpc) is 3.19. The van der Waals surface area contributed by atoms with Gasteiger partial charge in [0, 0.05) is 23.0 Å². The molecule has 24 heavy (non-hydrogen) atoms. The van der Waals surface area contributed by atoms with Crippen LogP contribution in [0.5, 0.6) is 0 Å². The predicted octanol–water partition coefficient (Wildman–Crippen LogP) is 3.11. The van der Waals surface area contributed by atoms with E-state index < -0.39 is 5.79 Å². The van der Waals surface area contributed by atoms with Gasteiger partial charge >= 0.3 is 0 Å². The average molecular weight is 367 g/mol. The van der Waals surface area contributed by atoms with Crippen LogP contribution in [-0.4, -0.2) is 35.5 Å². The Morgan fingerprint density at radius 2 is 2.33 bits per heavy atom. The van der Waals surface area contributed by atoms with E-state index in [1.807, 2.05) is 16.8 Å². The predicted molar refractivity (Wildman–Crippen MR) is 90.8 cm³/mol. The zero-order valence-electron chi connectivity index (χ0n) is 12.8. The lowest BCUT2D eigenvalue weighted by molar-refractivity contribution is -0.191. The molecular weight excluding hydrogens is 351 g/mol. The van der Waals surface area contributed by atoms with Gasteiger partial charge in [0.1, 0.15) is 12.7 Å². The third-order valence-corrected chi connectivity index (χ3v) is 4.19. The Bertz CT molecular complexity index is 730. The molecule has 2 heterocycles. The van der Waals surface area contributed by atoms with Gasteiger partial charge < -0.3 is 18.8 Å². The summed E-state index contributed by atoms with van der Waals surface area (Å²) in [5.74, 6) is 1.39. The molecule has 0 saturated carbocycles. The molecule has 0 radical (unpaired) electrons. The molecule has 3 rings (SSSR count). The molecule has 5 nitrogen and oxygen atoms in total. The zero-order chi connectivity index (χ0) is 17.0. The minimum absolute atomic E-state index is 0.232. The first-order valence-electron chi connectivity index (χ1n) is 7.37. The number of nitrogens with zero attached hydrogens (tertiary/aromatic N) is 2. The van der Waals surface area contributed by atoms with Crippen molar-refractivity contribution in [1.82, 2.24) is 9.55 Å². The van der Waals surface area contributed by atoms with Crippen molar-refractivity contribution in [2.75, 3.05) is 19.8 Å². The van der Waals surface area contributed by atoms with Gasteiger partial charge in [-0.2, -0.15) is 0 Å². The van der Waals surface area contributed by atoms with Crippen LogP contribution in [0.3, 0.4) is 0 Å². The third kappa shape index (κ3) is 3.75. The highest BCUT2D eigenvalue weighted by atomic mass is 35.5. The van der Waals surface area contributed by atoms with E-state index in [2.05, 4.69) is 10.9 Å². The van der Waals surface area contributed by atoms with Crippen molar-refractivity contribution < 1.29 is 14.2 Å². The van der Waals surface area contributed by atoms with E-state index in [0.717, 1.165) is 0 Å². The first kappa shape index (κ1) is 17.3. The molecule has 1 aliphatic rings. The van der Waals surface area contributed by atoms with Gasteiger partial charge in [0.05, 0.1) is 31.1 Å². The van der Waals surface area contributed by atoms with Crippen molar-refractivity contribution in [3.8, 4) is 12.3 Å². The fourth-order valence-corrected chi connectivity index (χ4v) is 3.18. The van der Waals surface area contributed by atoms with Gasteiger partial charge in [0.15, 0.2) is 0 Å². The number of halogens is 2. The van der Waals surface area contributed by atoms with Gasteiger partial charge in [0.25, 0.3) is 0 Å². The molecule has 0 unspecified atom stereocenters. The number of benzene rings is 1. The summed E-state index contributed by atoms with van der Waals surface area (Å²) in [6, 6.07) is 5.24. The Kier molecular flexibility index (Phi) is 5.44. The molecule has 0 spiro atoms. The van der Waals surface area contributed by atoms with E-state index in [4.69, 9.17) is 43.8 Å². The highest BCUT2D eigenvalue weighted by molar-refractivity contribution is 6.35. The Hall–Kier alpha value is -1.55. The number of hydrogen-bond acceptors (Lipinski definition) is 4. The van der Waals surface area contributed by atoms with Crippen LogP contribution in [-0.2, 0) is 26.5 Å². The Labute approximate surface area is 150 Å². The van der Waals surface area contributed by atoms with E-state index >= 15 is 0 Å². The largest absolute Gasteiger partial charge is 0.366 e. The molecule has 0 aliphatic carbocycles. The molecule has 1 saturated heterocycles. The summed E-state index contributed by atoms with van der Waals surface area (Å²) in [4.78, 5) is 4.06. The number of rotatable bonds is 6. The van der Waals surface area contributed by atoms with Crippen LogP contribution in [0.25, 0.3) is 0 Å². The van der Waals surface area contributed by atoms with Crippen molar-refractivity contribution in [3.63, 3.8) is 0 Å². The summed E-state index contributed by atoms with van der Waals surface area (Å²) in [5, 5.41) is 1.03. The van der Waals surface area contributed by atoms with Crippen molar-refractivity contribution in [2.24, 2.45) is 0 Å². The minimum atomic E-state index is -1.04. The third-order valence-electron chi connectivity index (χ3n) is 3.64. The smallest absolute Gasteiger partial charge is 0.215 e. The molecule has 126 valence electrons. The van der Waals surface area contributed by atoms with Crippen LogP contribution in [0.15, 0.2) is 36.9 Å². The maximum atomic E-state index is 6.39. The molecule has 1 aliphatic heterocycles. The minimum Gasteiger partial charge on any atom is -0.366 e. The van der Waals surface area contributed by atoms with E-state index in [-0.39, 0.29) is 12.7 Å². The molecule has 1 fully saturated rings. The Morgan fingerprint density at radius 3 is 3.04 bits per heavy atom. The first-order valence-corrected chi connectivity index (χ1v) is 8.13. The van der Waals surface area contributed by atoms with Crippen molar-refractivity contribution in [1.29, 1.82) is 0 Å². The summed E-state index contributed by atoms with van der Waals surface area (Å²) >= 11 is 12.4. The highest BCUT2D eigenvalue weighted by Gasteiger charge is 2.45. The highest BCUT2D eigenvalue weighted by Crippen LogP contribution is 2.40. The standard InChI is InChI=1S/C17H16Cl2N2O3/c1-2-7-22-9-14-10-23-17(24-14,11-21-6-5-20-12-21)15-4-3-13(18)8-16(15)19/h1,3-6,8,12,14H,7,9-11H2/t14-,17+/m0/s1. The van der Waals surface area contributed by atoms with Crippen LogP contribution < -0.4 is 0 Å². The van der Waals surface area contributed by atoms with Gasteiger partial charge in [-0.25, -0.2) is 4.98 Å². The number of terminal acetylenes is 1.